The molecule has 0 aliphatic heterocycles. The monoisotopic (exact) mass is 311 g/mol. The lowest BCUT2D eigenvalue weighted by Crippen LogP contribution is -2.42. The summed E-state index contributed by atoms with van der Waals surface area (Å²) in [6.07, 6.45) is 1.51. The third-order valence-corrected chi connectivity index (χ3v) is 5.72. The van der Waals surface area contributed by atoms with Crippen molar-refractivity contribution in [1.82, 2.24) is 0 Å². The zero-order chi connectivity index (χ0) is 15.6. The number of primary sulfonamides is 1. The maximum absolute atomic E-state index is 11.7. The van der Waals surface area contributed by atoms with Crippen LogP contribution in [0.25, 0.3) is 0 Å². The number of rotatable bonds is 6. The zero-order valence-corrected chi connectivity index (χ0v) is 13.1. The van der Waals surface area contributed by atoms with Crippen LogP contribution in [-0.2, 0) is 21.2 Å². The Morgan fingerprint density at radius 3 is 2.29 bits per heavy atom. The Morgan fingerprint density at radius 1 is 1.29 bits per heavy atom. The number of carbonyl (C=O) groups is 1. The molecular formula is C15H21NO4S. The van der Waals surface area contributed by atoms with Crippen LogP contribution in [0.3, 0.4) is 0 Å². The molecule has 0 radical (unpaired) electrons. The molecule has 1 aliphatic rings. The summed E-state index contributed by atoms with van der Waals surface area (Å²) in [6, 6.07) is 7.53. The maximum Gasteiger partial charge on any atom is 0.211 e. The summed E-state index contributed by atoms with van der Waals surface area (Å²) in [5, 5.41) is 4.64. The van der Waals surface area contributed by atoms with Crippen molar-refractivity contribution in [3.05, 3.63) is 29.8 Å². The summed E-state index contributed by atoms with van der Waals surface area (Å²) < 4.78 is 28.4. The van der Waals surface area contributed by atoms with Gasteiger partial charge in [-0.25, -0.2) is 13.6 Å². The van der Waals surface area contributed by atoms with Crippen LogP contribution in [0.1, 0.15) is 25.3 Å². The summed E-state index contributed by atoms with van der Waals surface area (Å²) in [5.41, 5.74) is 1.02. The lowest BCUT2D eigenvalue weighted by molar-refractivity contribution is -0.128. The van der Waals surface area contributed by atoms with Gasteiger partial charge in [0.05, 0.1) is 12.4 Å². The van der Waals surface area contributed by atoms with Gasteiger partial charge in [0.15, 0.2) is 0 Å². The van der Waals surface area contributed by atoms with Crippen molar-refractivity contribution in [1.29, 1.82) is 0 Å². The molecule has 0 amide bonds. The van der Waals surface area contributed by atoms with Crippen molar-refractivity contribution in [3.8, 4) is 5.75 Å². The van der Waals surface area contributed by atoms with Crippen LogP contribution in [0.15, 0.2) is 24.3 Å². The maximum atomic E-state index is 11.7. The molecule has 2 N–H and O–H groups in total. The average molecular weight is 311 g/mol. The molecule has 1 aromatic rings. The Bertz CT molecular complexity index is 601. The average Bonchev–Trinajstić information content (AvgIpc) is 2.40. The summed E-state index contributed by atoms with van der Waals surface area (Å²) in [4.78, 5) is 11.2. The van der Waals surface area contributed by atoms with Gasteiger partial charge in [-0.1, -0.05) is 12.1 Å². The Balaban J connectivity index is 2.17. The van der Waals surface area contributed by atoms with Gasteiger partial charge >= 0.3 is 0 Å². The Labute approximate surface area is 125 Å². The van der Waals surface area contributed by atoms with E-state index < -0.39 is 15.3 Å². The molecule has 1 fully saturated rings. The number of hydrogen-bond acceptors (Lipinski definition) is 4. The molecule has 1 saturated carbocycles. The van der Waals surface area contributed by atoms with Crippen molar-refractivity contribution in [3.63, 3.8) is 0 Å². The lowest BCUT2D eigenvalue weighted by atomic mass is 9.71. The summed E-state index contributed by atoms with van der Waals surface area (Å²) in [7, 11) is -2.01. The fourth-order valence-corrected chi connectivity index (χ4v) is 3.63. The molecule has 6 heteroatoms. The van der Waals surface area contributed by atoms with Gasteiger partial charge in [0.2, 0.25) is 10.0 Å². The topological polar surface area (TPSA) is 86.5 Å². The van der Waals surface area contributed by atoms with Gasteiger partial charge in [0.25, 0.3) is 0 Å². The van der Waals surface area contributed by atoms with Crippen molar-refractivity contribution < 1.29 is 17.9 Å². The SMILES string of the molecule is COc1ccc(CC(C2CC(=O)C2)C(C)S(N)(=O)=O)cc1. The fraction of sp³-hybridized carbons (Fsp3) is 0.533. The first-order chi connectivity index (χ1) is 9.81. The van der Waals surface area contributed by atoms with Crippen LogP contribution in [0.2, 0.25) is 0 Å². The highest BCUT2D eigenvalue weighted by molar-refractivity contribution is 7.89. The first-order valence-electron chi connectivity index (χ1n) is 6.97. The van der Waals surface area contributed by atoms with Gasteiger partial charge in [-0.05, 0) is 42.9 Å². The number of nitrogens with two attached hydrogens (primary N) is 1. The second-order valence-corrected chi connectivity index (χ2v) is 7.64. The van der Waals surface area contributed by atoms with Crippen molar-refractivity contribution in [2.24, 2.45) is 17.0 Å². The number of hydrogen-bond donors (Lipinski definition) is 1. The molecule has 0 heterocycles. The van der Waals surface area contributed by atoms with Crippen LogP contribution in [0, 0.1) is 11.8 Å². The van der Waals surface area contributed by atoms with Gasteiger partial charge in [0.1, 0.15) is 11.5 Å². The van der Waals surface area contributed by atoms with Crippen molar-refractivity contribution in [2.75, 3.05) is 7.11 Å². The lowest BCUT2D eigenvalue weighted by Gasteiger charge is -2.35. The van der Waals surface area contributed by atoms with Gasteiger partial charge in [0, 0.05) is 12.8 Å². The molecule has 21 heavy (non-hydrogen) atoms. The molecule has 2 unspecified atom stereocenters. The van der Waals surface area contributed by atoms with Crippen molar-refractivity contribution in [2.45, 2.75) is 31.4 Å². The number of carbonyl (C=O) groups excluding carboxylic acids is 1. The van der Waals surface area contributed by atoms with Gasteiger partial charge in [-0.15, -0.1) is 0 Å². The van der Waals surface area contributed by atoms with Crippen LogP contribution in [0.5, 0.6) is 5.75 Å². The van der Waals surface area contributed by atoms with Crippen molar-refractivity contribution >= 4 is 15.8 Å². The van der Waals surface area contributed by atoms with Crippen LogP contribution in [0.4, 0.5) is 0 Å². The second kappa shape index (κ2) is 6.15. The summed E-state index contributed by atoms with van der Waals surface area (Å²) >= 11 is 0. The van der Waals surface area contributed by atoms with Gasteiger partial charge in [-0.2, -0.15) is 0 Å². The van der Waals surface area contributed by atoms with E-state index in [0.29, 0.717) is 19.3 Å². The smallest absolute Gasteiger partial charge is 0.211 e. The standard InChI is InChI=1S/C15H21NO4S/c1-10(21(16,18)19)15(12-8-13(17)9-12)7-11-3-5-14(20-2)6-4-11/h3-6,10,12,15H,7-9H2,1-2H3,(H2,16,18,19). The highest BCUT2D eigenvalue weighted by Gasteiger charge is 2.39. The molecule has 0 spiro atoms. The first-order valence-corrected chi connectivity index (χ1v) is 8.58. The van der Waals surface area contributed by atoms with Crippen LogP contribution >= 0.6 is 0 Å². The number of ketones is 1. The molecule has 1 aliphatic carbocycles. The molecule has 2 atom stereocenters. The number of methoxy groups -OCH3 is 1. The molecule has 116 valence electrons. The normalized spacial score (nSPS) is 18.9. The molecule has 1 aromatic carbocycles. The Morgan fingerprint density at radius 2 is 1.86 bits per heavy atom. The van der Waals surface area contributed by atoms with E-state index in [4.69, 9.17) is 9.88 Å². The minimum atomic E-state index is -3.61. The van der Waals surface area contributed by atoms with E-state index >= 15 is 0 Å². The summed E-state index contributed by atoms with van der Waals surface area (Å²) in [5.74, 6) is 0.925. The quantitative estimate of drug-likeness (QED) is 0.862. The van der Waals surface area contributed by atoms with E-state index in [-0.39, 0.29) is 17.6 Å². The molecule has 0 bridgehead atoms. The predicted octanol–water partition coefficient (Wildman–Crippen LogP) is 1.51. The van der Waals surface area contributed by atoms with E-state index in [9.17, 15) is 13.2 Å². The molecule has 2 rings (SSSR count). The number of benzene rings is 1. The predicted molar refractivity (Wildman–Crippen MR) is 80.5 cm³/mol. The molecule has 0 aromatic heterocycles. The van der Waals surface area contributed by atoms with E-state index in [2.05, 4.69) is 0 Å². The minimum absolute atomic E-state index is 0.105. The third-order valence-electron chi connectivity index (χ3n) is 4.34. The molecule has 0 saturated heterocycles. The fourth-order valence-electron chi connectivity index (χ4n) is 2.82. The second-order valence-electron chi connectivity index (χ2n) is 5.72. The minimum Gasteiger partial charge on any atom is -0.497 e. The van der Waals surface area contributed by atoms with Crippen LogP contribution in [-0.4, -0.2) is 26.6 Å². The van der Waals surface area contributed by atoms with E-state index in [1.807, 2.05) is 24.3 Å². The van der Waals surface area contributed by atoms with Gasteiger partial charge < -0.3 is 4.74 Å². The van der Waals surface area contributed by atoms with Gasteiger partial charge in [-0.3, -0.25) is 4.79 Å². The largest absolute Gasteiger partial charge is 0.497 e. The van der Waals surface area contributed by atoms with E-state index in [0.717, 1.165) is 11.3 Å². The number of sulfonamides is 1. The number of ether oxygens (including phenoxy) is 1. The summed E-state index contributed by atoms with van der Waals surface area (Å²) in [6.45, 7) is 1.63. The van der Waals surface area contributed by atoms with E-state index in [1.54, 1.807) is 14.0 Å². The highest BCUT2D eigenvalue weighted by Crippen LogP contribution is 2.36. The molecule has 5 nitrogen and oxygen atoms in total. The number of Topliss-reactive ketones (excluding diaryl/α,β-unsaturated/α-hetero) is 1. The first kappa shape index (κ1) is 16.0. The Kier molecular flexibility index (Phi) is 4.68. The van der Waals surface area contributed by atoms with Crippen LogP contribution < -0.4 is 9.88 Å². The third kappa shape index (κ3) is 3.83. The Hall–Kier alpha value is -1.40. The van der Waals surface area contributed by atoms with E-state index in [1.165, 1.54) is 0 Å². The highest BCUT2D eigenvalue weighted by atomic mass is 32.2. The zero-order valence-electron chi connectivity index (χ0n) is 12.3. The molecular weight excluding hydrogens is 290 g/mol.